The van der Waals surface area contributed by atoms with E-state index >= 15 is 0 Å². The van der Waals surface area contributed by atoms with Gasteiger partial charge in [0.1, 0.15) is 6.10 Å². The van der Waals surface area contributed by atoms with Gasteiger partial charge in [-0.1, -0.05) is 6.42 Å². The van der Waals surface area contributed by atoms with Crippen molar-refractivity contribution in [3.8, 4) is 6.07 Å². The summed E-state index contributed by atoms with van der Waals surface area (Å²) in [4.78, 5) is 0.881. The lowest BCUT2D eigenvalue weighted by Gasteiger charge is -2.38. The lowest BCUT2D eigenvalue weighted by molar-refractivity contribution is 0.0100. The van der Waals surface area contributed by atoms with E-state index in [1.165, 1.54) is 11.3 Å². The molecular weight excluding hydrogens is 262 g/mol. The van der Waals surface area contributed by atoms with Crippen LogP contribution in [0.25, 0.3) is 0 Å². The number of rotatable bonds is 2. The first kappa shape index (κ1) is 10.2. The summed E-state index contributed by atoms with van der Waals surface area (Å²) in [6.07, 6.45) is 2.05. The molecule has 1 aliphatic rings. The third-order valence-corrected chi connectivity index (χ3v) is 4.81. The average Bonchev–Trinajstić information content (AvgIpc) is 2.50. The fraction of sp³-hybridized carbons (Fsp3) is 0.500. The first-order valence-corrected chi connectivity index (χ1v) is 6.19. The van der Waals surface area contributed by atoms with Crippen molar-refractivity contribution < 1.29 is 5.11 Å². The van der Waals surface area contributed by atoms with Crippen LogP contribution < -0.4 is 0 Å². The Bertz CT molecular complexity index is 378. The van der Waals surface area contributed by atoms with E-state index in [2.05, 4.69) is 22.0 Å². The fourth-order valence-corrected chi connectivity index (χ4v) is 3.45. The maximum absolute atomic E-state index is 10.1. The van der Waals surface area contributed by atoms with Crippen LogP contribution in [0, 0.1) is 16.7 Å². The number of halogens is 1. The van der Waals surface area contributed by atoms with Gasteiger partial charge in [-0.2, -0.15) is 5.26 Å². The van der Waals surface area contributed by atoms with E-state index < -0.39 is 11.5 Å². The molecule has 1 fully saturated rings. The van der Waals surface area contributed by atoms with Crippen molar-refractivity contribution in [2.24, 2.45) is 5.41 Å². The first-order valence-electron chi connectivity index (χ1n) is 4.52. The second-order valence-electron chi connectivity index (χ2n) is 3.66. The Kier molecular flexibility index (Phi) is 2.65. The second kappa shape index (κ2) is 3.65. The monoisotopic (exact) mass is 271 g/mol. The third-order valence-electron chi connectivity index (χ3n) is 2.88. The van der Waals surface area contributed by atoms with Crippen molar-refractivity contribution in [1.82, 2.24) is 0 Å². The third kappa shape index (κ3) is 1.40. The number of hydrogen-bond acceptors (Lipinski definition) is 3. The van der Waals surface area contributed by atoms with Crippen molar-refractivity contribution >= 4 is 27.3 Å². The standard InChI is InChI=1S/C10H10BrNOS/c11-7-2-5-14-8(7)9(13)10(6-12)3-1-4-10/h2,5,9,13H,1,3-4H2. The van der Waals surface area contributed by atoms with Crippen molar-refractivity contribution in [3.05, 3.63) is 20.8 Å². The van der Waals surface area contributed by atoms with E-state index in [1.807, 2.05) is 11.4 Å². The van der Waals surface area contributed by atoms with Gasteiger partial charge in [0, 0.05) is 9.35 Å². The molecular formula is C10H10BrNOS. The predicted molar refractivity (Wildman–Crippen MR) is 58.9 cm³/mol. The molecule has 0 radical (unpaired) electrons. The molecule has 0 saturated heterocycles. The minimum absolute atomic E-state index is 0.520. The maximum Gasteiger partial charge on any atom is 0.108 e. The number of thiophene rings is 1. The number of hydrogen-bond donors (Lipinski definition) is 1. The topological polar surface area (TPSA) is 44.0 Å². The summed E-state index contributed by atoms with van der Waals surface area (Å²) in [5, 5.41) is 21.1. The number of nitriles is 1. The highest BCUT2D eigenvalue weighted by Gasteiger charge is 2.45. The van der Waals surface area contributed by atoms with Crippen LogP contribution in [0.1, 0.15) is 30.2 Å². The van der Waals surface area contributed by atoms with Gasteiger partial charge in [0.05, 0.1) is 11.5 Å². The molecule has 1 heterocycles. The van der Waals surface area contributed by atoms with Gasteiger partial charge in [-0.25, -0.2) is 0 Å². The lowest BCUT2D eigenvalue weighted by atomic mass is 9.66. The molecule has 1 aromatic rings. The van der Waals surface area contributed by atoms with E-state index in [0.29, 0.717) is 0 Å². The molecule has 0 bridgehead atoms. The summed E-state index contributed by atoms with van der Waals surface area (Å²) in [5.74, 6) is 0. The van der Waals surface area contributed by atoms with E-state index in [-0.39, 0.29) is 0 Å². The molecule has 1 aromatic heterocycles. The van der Waals surface area contributed by atoms with Crippen LogP contribution in [-0.2, 0) is 0 Å². The first-order chi connectivity index (χ1) is 6.69. The Morgan fingerprint density at radius 2 is 2.36 bits per heavy atom. The summed E-state index contributed by atoms with van der Waals surface area (Å²) in [5.41, 5.74) is -0.520. The molecule has 0 spiro atoms. The smallest absolute Gasteiger partial charge is 0.108 e. The summed E-state index contributed by atoms with van der Waals surface area (Å²) in [7, 11) is 0. The molecule has 1 saturated carbocycles. The van der Waals surface area contributed by atoms with Gasteiger partial charge in [0.15, 0.2) is 0 Å². The maximum atomic E-state index is 10.1. The van der Waals surface area contributed by atoms with Crippen LogP contribution >= 0.6 is 27.3 Å². The van der Waals surface area contributed by atoms with Gasteiger partial charge < -0.3 is 5.11 Å². The number of aliphatic hydroxyl groups excluding tert-OH is 1. The van der Waals surface area contributed by atoms with Gasteiger partial charge in [-0.15, -0.1) is 11.3 Å². The van der Waals surface area contributed by atoms with Crippen LogP contribution in [0.2, 0.25) is 0 Å². The highest BCUT2D eigenvalue weighted by Crippen LogP contribution is 2.51. The van der Waals surface area contributed by atoms with Crippen molar-refractivity contribution in [1.29, 1.82) is 5.26 Å². The zero-order valence-corrected chi connectivity index (χ0v) is 9.94. The minimum atomic E-state index is -0.629. The summed E-state index contributed by atoms with van der Waals surface area (Å²) in [6.45, 7) is 0. The van der Waals surface area contributed by atoms with Crippen LogP contribution in [0.15, 0.2) is 15.9 Å². The van der Waals surface area contributed by atoms with E-state index in [4.69, 9.17) is 5.26 Å². The molecule has 0 aliphatic heterocycles. The Labute approximate surface area is 95.3 Å². The molecule has 2 rings (SSSR count). The molecule has 1 atom stereocenters. The van der Waals surface area contributed by atoms with Gasteiger partial charge in [-0.05, 0) is 40.2 Å². The Hall–Kier alpha value is -0.370. The molecule has 1 unspecified atom stereocenters. The molecule has 14 heavy (non-hydrogen) atoms. The summed E-state index contributed by atoms with van der Waals surface area (Å²) in [6, 6.07) is 4.18. The van der Waals surface area contributed by atoms with E-state index in [1.54, 1.807) is 0 Å². The van der Waals surface area contributed by atoms with Crippen LogP contribution in [0.5, 0.6) is 0 Å². The van der Waals surface area contributed by atoms with Crippen molar-refractivity contribution in [2.45, 2.75) is 25.4 Å². The van der Waals surface area contributed by atoms with Gasteiger partial charge in [-0.3, -0.25) is 0 Å². The quantitative estimate of drug-likeness (QED) is 0.898. The normalized spacial score (nSPS) is 20.9. The zero-order chi connectivity index (χ0) is 10.2. The Morgan fingerprint density at radius 3 is 2.71 bits per heavy atom. The Morgan fingerprint density at radius 1 is 1.64 bits per heavy atom. The largest absolute Gasteiger partial charge is 0.386 e. The van der Waals surface area contributed by atoms with E-state index in [9.17, 15) is 5.11 Å². The molecule has 1 N–H and O–H groups in total. The van der Waals surface area contributed by atoms with Gasteiger partial charge >= 0.3 is 0 Å². The van der Waals surface area contributed by atoms with Gasteiger partial charge in [0.25, 0.3) is 0 Å². The van der Waals surface area contributed by atoms with E-state index in [0.717, 1.165) is 28.6 Å². The molecule has 0 amide bonds. The Balaban J connectivity index is 2.28. The molecule has 2 nitrogen and oxygen atoms in total. The average molecular weight is 272 g/mol. The number of aliphatic hydroxyl groups is 1. The van der Waals surface area contributed by atoms with Crippen molar-refractivity contribution in [3.63, 3.8) is 0 Å². The summed E-state index contributed by atoms with van der Waals surface area (Å²) < 4.78 is 0.913. The highest BCUT2D eigenvalue weighted by atomic mass is 79.9. The highest BCUT2D eigenvalue weighted by molar-refractivity contribution is 9.10. The molecule has 1 aliphatic carbocycles. The predicted octanol–water partition coefficient (Wildman–Crippen LogP) is 3.24. The van der Waals surface area contributed by atoms with Crippen LogP contribution in [0.4, 0.5) is 0 Å². The van der Waals surface area contributed by atoms with Crippen molar-refractivity contribution in [2.75, 3.05) is 0 Å². The number of nitrogens with zero attached hydrogens (tertiary/aromatic N) is 1. The minimum Gasteiger partial charge on any atom is -0.386 e. The summed E-state index contributed by atoms with van der Waals surface area (Å²) >= 11 is 4.88. The van der Waals surface area contributed by atoms with Crippen LogP contribution in [-0.4, -0.2) is 5.11 Å². The zero-order valence-electron chi connectivity index (χ0n) is 7.53. The molecule has 0 aromatic carbocycles. The molecule has 74 valence electrons. The molecule has 4 heteroatoms. The lowest BCUT2D eigenvalue weighted by Crippen LogP contribution is -2.34. The fourth-order valence-electron chi connectivity index (χ4n) is 1.76. The SMILES string of the molecule is N#CC1(C(O)c2sccc2Br)CCC1. The second-order valence-corrected chi connectivity index (χ2v) is 5.46. The van der Waals surface area contributed by atoms with Crippen LogP contribution in [0.3, 0.4) is 0 Å². The van der Waals surface area contributed by atoms with Gasteiger partial charge in [0.2, 0.25) is 0 Å².